The van der Waals surface area contributed by atoms with Crippen molar-refractivity contribution in [3.8, 4) is 11.5 Å². The minimum atomic E-state index is -0.222. The van der Waals surface area contributed by atoms with Gasteiger partial charge in [-0.25, -0.2) is 4.98 Å². The summed E-state index contributed by atoms with van der Waals surface area (Å²) in [6.45, 7) is 3.64. The third-order valence-corrected chi connectivity index (χ3v) is 6.82. The van der Waals surface area contributed by atoms with E-state index in [2.05, 4.69) is 21.3 Å². The van der Waals surface area contributed by atoms with Crippen molar-refractivity contribution in [3.05, 3.63) is 76.3 Å². The number of hydrogen-bond acceptors (Lipinski definition) is 6. The van der Waals surface area contributed by atoms with Crippen molar-refractivity contribution in [2.24, 2.45) is 5.92 Å². The van der Waals surface area contributed by atoms with Crippen LogP contribution in [0.5, 0.6) is 11.5 Å². The first-order chi connectivity index (χ1) is 16.6. The number of benzene rings is 1. The number of ether oxygens (including phenoxy) is 2. The van der Waals surface area contributed by atoms with Crippen molar-refractivity contribution in [2.75, 3.05) is 36.5 Å². The summed E-state index contributed by atoms with van der Waals surface area (Å²) in [6, 6.07) is 14.6. The predicted molar refractivity (Wildman–Crippen MR) is 135 cm³/mol. The second-order valence-electron chi connectivity index (χ2n) is 9.17. The van der Waals surface area contributed by atoms with Crippen molar-refractivity contribution in [3.63, 3.8) is 0 Å². The van der Waals surface area contributed by atoms with E-state index in [1.807, 2.05) is 22.8 Å². The van der Waals surface area contributed by atoms with Gasteiger partial charge in [0.2, 0.25) is 0 Å². The smallest absolute Gasteiger partial charge is 0.255 e. The molecule has 0 radical (unpaired) electrons. The monoisotopic (exact) mass is 494 g/mol. The number of hydrogen-bond donors (Lipinski definition) is 1. The minimum absolute atomic E-state index is 0. The van der Waals surface area contributed by atoms with Crippen LogP contribution in [0.2, 0.25) is 0 Å². The third-order valence-electron chi connectivity index (χ3n) is 6.82. The molecule has 1 aromatic carbocycles. The quantitative estimate of drug-likeness (QED) is 0.597. The molecule has 0 aliphatic carbocycles. The maximum atomic E-state index is 12.8. The average molecular weight is 495 g/mol. The molecule has 6 rings (SSSR count). The van der Waals surface area contributed by atoms with E-state index in [4.69, 9.17) is 9.47 Å². The largest absolute Gasteiger partial charge is 0.490 e. The molecule has 0 saturated carbocycles. The molecule has 3 aromatic rings. The first-order valence-corrected chi connectivity index (χ1v) is 11.8. The molecule has 1 fully saturated rings. The highest BCUT2D eigenvalue weighted by molar-refractivity contribution is 6.04. The Labute approximate surface area is 209 Å². The summed E-state index contributed by atoms with van der Waals surface area (Å²) in [5.41, 5.74) is 2.35. The Morgan fingerprint density at radius 3 is 2.69 bits per heavy atom. The van der Waals surface area contributed by atoms with Gasteiger partial charge in [-0.2, -0.15) is 0 Å². The number of rotatable bonds is 3. The SMILES string of the molecule is Cl.O=C(Nc1ccc(N2C[C@H]3C[C@@H](C2)c2cccc(=O)n2C3)nc1)c1ccc2c(c1)OCCCO2. The fourth-order valence-electron chi connectivity index (χ4n) is 5.24. The van der Waals surface area contributed by atoms with E-state index < -0.39 is 0 Å². The Kier molecular flexibility index (Phi) is 6.38. The maximum absolute atomic E-state index is 12.8. The minimum Gasteiger partial charge on any atom is -0.490 e. The summed E-state index contributed by atoms with van der Waals surface area (Å²) in [6.07, 6.45) is 3.61. The van der Waals surface area contributed by atoms with E-state index in [1.165, 1.54) is 0 Å². The molecule has 2 bridgehead atoms. The van der Waals surface area contributed by atoms with Crippen LogP contribution in [0, 0.1) is 5.92 Å². The fourth-order valence-corrected chi connectivity index (χ4v) is 5.24. The van der Waals surface area contributed by atoms with Gasteiger partial charge in [0.15, 0.2) is 11.5 Å². The van der Waals surface area contributed by atoms with Gasteiger partial charge in [0, 0.05) is 49.3 Å². The maximum Gasteiger partial charge on any atom is 0.255 e. The molecule has 8 nitrogen and oxygen atoms in total. The average Bonchev–Trinajstić information content (AvgIpc) is 3.10. The van der Waals surface area contributed by atoms with Crippen LogP contribution in [-0.4, -0.2) is 41.8 Å². The molecule has 1 N–H and O–H groups in total. The van der Waals surface area contributed by atoms with E-state index in [0.29, 0.717) is 47.8 Å². The molecule has 35 heavy (non-hydrogen) atoms. The number of halogens is 1. The van der Waals surface area contributed by atoms with Crippen LogP contribution in [0.3, 0.4) is 0 Å². The topological polar surface area (TPSA) is 85.7 Å². The summed E-state index contributed by atoms with van der Waals surface area (Å²) < 4.78 is 13.3. The normalized spacial score (nSPS) is 20.2. The van der Waals surface area contributed by atoms with Crippen LogP contribution in [0.15, 0.2) is 59.5 Å². The highest BCUT2D eigenvalue weighted by Crippen LogP contribution is 2.36. The summed E-state index contributed by atoms with van der Waals surface area (Å²) in [7, 11) is 0. The molecule has 2 aromatic heterocycles. The van der Waals surface area contributed by atoms with Gasteiger partial charge in [0.25, 0.3) is 11.5 Å². The van der Waals surface area contributed by atoms with Gasteiger partial charge >= 0.3 is 0 Å². The Morgan fingerprint density at radius 2 is 1.86 bits per heavy atom. The van der Waals surface area contributed by atoms with E-state index in [1.54, 1.807) is 30.5 Å². The van der Waals surface area contributed by atoms with Crippen molar-refractivity contribution in [1.29, 1.82) is 0 Å². The molecule has 2 atom stereocenters. The molecule has 1 amide bonds. The Hall–Kier alpha value is -3.52. The van der Waals surface area contributed by atoms with Crippen LogP contribution in [0.4, 0.5) is 11.5 Å². The van der Waals surface area contributed by atoms with E-state index in [-0.39, 0.29) is 23.9 Å². The van der Waals surface area contributed by atoms with Crippen LogP contribution < -0.4 is 25.2 Å². The lowest BCUT2D eigenvalue weighted by atomic mass is 9.83. The summed E-state index contributed by atoms with van der Waals surface area (Å²) in [5.74, 6) is 2.67. The molecule has 3 aliphatic rings. The van der Waals surface area contributed by atoms with Crippen LogP contribution in [0.1, 0.15) is 34.8 Å². The highest BCUT2D eigenvalue weighted by Gasteiger charge is 2.34. The molecular formula is C26H27ClN4O4. The predicted octanol–water partition coefficient (Wildman–Crippen LogP) is 3.70. The second-order valence-corrected chi connectivity index (χ2v) is 9.17. The summed E-state index contributed by atoms with van der Waals surface area (Å²) >= 11 is 0. The molecule has 3 aliphatic heterocycles. The summed E-state index contributed by atoms with van der Waals surface area (Å²) in [4.78, 5) is 31.9. The van der Waals surface area contributed by atoms with Gasteiger partial charge in [-0.3, -0.25) is 9.59 Å². The van der Waals surface area contributed by atoms with Crippen molar-refractivity contribution in [1.82, 2.24) is 9.55 Å². The summed E-state index contributed by atoms with van der Waals surface area (Å²) in [5, 5.41) is 2.92. The van der Waals surface area contributed by atoms with Crippen LogP contribution >= 0.6 is 12.4 Å². The van der Waals surface area contributed by atoms with Crippen LogP contribution in [0.25, 0.3) is 0 Å². The van der Waals surface area contributed by atoms with Gasteiger partial charge < -0.3 is 24.3 Å². The zero-order valence-corrected chi connectivity index (χ0v) is 20.0. The van der Waals surface area contributed by atoms with Gasteiger partial charge in [-0.05, 0) is 48.7 Å². The molecule has 0 unspecified atom stereocenters. The number of carbonyl (C=O) groups is 1. The number of aromatic nitrogens is 2. The fraction of sp³-hybridized carbons (Fsp3) is 0.346. The highest BCUT2D eigenvalue weighted by atomic mass is 35.5. The number of piperidine rings is 1. The third kappa shape index (κ3) is 4.58. The number of nitrogens with one attached hydrogen (secondary N) is 1. The van der Waals surface area contributed by atoms with E-state index >= 15 is 0 Å². The van der Waals surface area contributed by atoms with Crippen molar-refractivity contribution < 1.29 is 14.3 Å². The van der Waals surface area contributed by atoms with E-state index in [9.17, 15) is 9.59 Å². The number of anilines is 2. The molecule has 9 heteroatoms. The van der Waals surface area contributed by atoms with Gasteiger partial charge in [-0.1, -0.05) is 6.07 Å². The number of pyridine rings is 2. The molecule has 0 spiro atoms. The van der Waals surface area contributed by atoms with Gasteiger partial charge in [0.05, 0.1) is 25.1 Å². The second kappa shape index (κ2) is 9.62. The van der Waals surface area contributed by atoms with E-state index in [0.717, 1.165) is 44.0 Å². The number of nitrogens with zero attached hydrogens (tertiary/aromatic N) is 3. The zero-order valence-electron chi connectivity index (χ0n) is 19.2. The Bertz CT molecular complexity index is 1290. The Morgan fingerprint density at radius 1 is 1.00 bits per heavy atom. The molecule has 5 heterocycles. The van der Waals surface area contributed by atoms with Gasteiger partial charge in [0.1, 0.15) is 5.82 Å². The van der Waals surface area contributed by atoms with Gasteiger partial charge in [-0.15, -0.1) is 12.4 Å². The lowest BCUT2D eigenvalue weighted by Crippen LogP contribution is -2.47. The number of carbonyl (C=O) groups excluding carboxylic acids is 1. The first-order valence-electron chi connectivity index (χ1n) is 11.8. The zero-order chi connectivity index (χ0) is 23.1. The van der Waals surface area contributed by atoms with Crippen LogP contribution in [-0.2, 0) is 6.54 Å². The standard InChI is InChI=1S/C26H26N4O4.ClH/c31-25-4-1-3-21-19-11-17(15-30(21)25)14-29(16-19)24-8-6-20(13-27-24)28-26(32)18-5-7-22-23(12-18)34-10-2-9-33-22;/h1,3-8,12-13,17,19H,2,9-11,14-16H2,(H,28,32);1H/t17-,19+;/m1./s1. The van der Waals surface area contributed by atoms with Crippen molar-refractivity contribution >= 4 is 29.8 Å². The van der Waals surface area contributed by atoms with Crippen molar-refractivity contribution in [2.45, 2.75) is 25.3 Å². The Balaban J connectivity index is 0.00000253. The first kappa shape index (κ1) is 23.2. The molecular weight excluding hydrogens is 468 g/mol. The lowest BCUT2D eigenvalue weighted by Gasteiger charge is -2.43. The number of amides is 1. The molecule has 182 valence electrons. The number of fused-ring (bicyclic) bond motifs is 5. The lowest BCUT2D eigenvalue weighted by molar-refractivity contribution is 0.102. The molecule has 1 saturated heterocycles.